The van der Waals surface area contributed by atoms with Gasteiger partial charge < -0.3 is 18.6 Å². The third-order valence-electron chi connectivity index (χ3n) is 11.1. The van der Waals surface area contributed by atoms with Crippen molar-refractivity contribution in [1.29, 1.82) is 0 Å². The number of para-hydroxylation sites is 2. The summed E-state index contributed by atoms with van der Waals surface area (Å²) in [5, 5.41) is 12.3. The number of fused-ring (bicyclic) bond motifs is 3. The summed E-state index contributed by atoms with van der Waals surface area (Å²) < 4.78 is 47.9. The summed E-state index contributed by atoms with van der Waals surface area (Å²) >= 11 is 0. The van der Waals surface area contributed by atoms with Crippen LogP contribution in [-0.2, 0) is 5.41 Å². The zero-order chi connectivity index (χ0) is 49.5. The number of allylic oxidation sites excluding steroid dienone is 1. The number of nitro groups is 1. The molecule has 15 nitrogen and oxygen atoms in total. The van der Waals surface area contributed by atoms with Crippen molar-refractivity contribution in [2.75, 3.05) is 45.0 Å². The van der Waals surface area contributed by atoms with Gasteiger partial charge in [-0.15, -0.1) is 10.2 Å². The number of nitrogens with zero attached hydrogens (tertiary/aromatic N) is 4. The van der Waals surface area contributed by atoms with Crippen LogP contribution in [0.25, 0.3) is 52.3 Å². The molecular weight excluding hydrogens is 892 g/mol. The third kappa shape index (κ3) is 11.6. The molecule has 16 heteroatoms. The summed E-state index contributed by atoms with van der Waals surface area (Å²) in [6.45, 7) is 4.06. The molecule has 0 saturated carbocycles. The Morgan fingerprint density at radius 3 is 1.50 bits per heavy atom. The number of benzene rings is 5. The lowest BCUT2D eigenvalue weighted by Gasteiger charge is -2.17. The van der Waals surface area contributed by atoms with Crippen LogP contribution in [0.2, 0.25) is 0 Å². The van der Waals surface area contributed by atoms with E-state index in [1.165, 1.54) is 6.07 Å². The van der Waals surface area contributed by atoms with Crippen LogP contribution in [0, 0.1) is 20.4 Å². The van der Waals surface area contributed by atoms with E-state index >= 15 is 0 Å². The van der Waals surface area contributed by atoms with Gasteiger partial charge in [-0.2, -0.15) is 4.58 Å². The molecule has 0 fully saturated rings. The molecule has 5 aromatic carbocycles. The third-order valence-corrected chi connectivity index (χ3v) is 11.1. The fourth-order valence-corrected chi connectivity index (χ4v) is 7.58. The first-order valence-electron chi connectivity index (χ1n) is 20.9. The normalized spacial score (nSPS) is 13.1. The van der Waals surface area contributed by atoms with Crippen LogP contribution < -0.4 is 39.3 Å². The first-order valence-corrected chi connectivity index (χ1v) is 22.1. The van der Waals surface area contributed by atoms with E-state index in [-0.39, 0.29) is 32.8 Å². The lowest BCUT2D eigenvalue weighted by atomic mass is 9.81. The maximum absolute atomic E-state index is 13.6. The summed E-state index contributed by atoms with van der Waals surface area (Å²) in [4.78, 5) is 52.4. The zero-order valence-corrected chi connectivity index (χ0v) is 38.9. The van der Waals surface area contributed by atoms with Crippen LogP contribution in [0.4, 0.5) is 22.7 Å². The lowest BCUT2D eigenvalue weighted by Crippen LogP contribution is -2.68. The van der Waals surface area contributed by atoms with Gasteiger partial charge in [-0.3, -0.25) is 24.5 Å². The maximum Gasteiger partial charge on any atom is 0.270 e. The van der Waals surface area contributed by atoms with Gasteiger partial charge in [0.2, 0.25) is 16.5 Å². The number of carbonyl (C=O) groups is 1. The average Bonchev–Trinajstić information content (AvgIpc) is 3.49. The van der Waals surface area contributed by atoms with Crippen LogP contribution >= 0.6 is 0 Å². The zero-order valence-electron chi connectivity index (χ0n) is 38.2. The Morgan fingerprint density at radius 2 is 1.06 bits per heavy atom. The number of non-ortho nitro benzene ring substituents is 1. The molecule has 0 N–H and O–H groups in total. The van der Waals surface area contributed by atoms with Crippen molar-refractivity contribution in [3.05, 3.63) is 191 Å². The summed E-state index contributed by atoms with van der Waals surface area (Å²) in [6.07, 6.45) is 11.5. The average molecular weight is 939 g/mol. The molecule has 1 aliphatic rings. The van der Waals surface area contributed by atoms with E-state index in [0.29, 0.717) is 39.5 Å². The van der Waals surface area contributed by atoms with E-state index in [1.54, 1.807) is 60.7 Å². The van der Waals surface area contributed by atoms with Crippen molar-refractivity contribution < 1.29 is 52.0 Å². The van der Waals surface area contributed by atoms with E-state index < -0.39 is 15.7 Å². The lowest BCUT2D eigenvalue weighted by molar-refractivity contribution is -2.00. The number of rotatable bonds is 10. The van der Waals surface area contributed by atoms with Crippen LogP contribution in [-0.4, -0.2) is 56.7 Å². The number of carbonyl (C=O) groups excluding carboxylic acids is 1. The standard InChI is InChI=1S/C32H30N3O4.C20H17NO3.ClHO4/c1-32(2)26-20-23(35(37)38)15-17-27(26)34(5)30(32)19-16-25-29(39-28-9-7-6-8-24(28)31(25)36)18-12-21-10-13-22(14-11-21)33(3)4;1-21(2)15-10-7-14(8-11-15)9-12-19-17(13-22)20(23)16-5-3-4-6-18(16)24-19;2-1(3,4)5/h6-20H,1-5H3;3-13H,1-2H3;(H,2,3,4,5)/q+1;;/p-1/b;12-9+;. The van der Waals surface area contributed by atoms with E-state index in [0.717, 1.165) is 39.5 Å². The molecule has 0 amide bonds. The van der Waals surface area contributed by atoms with Crippen LogP contribution in [0.15, 0.2) is 140 Å². The van der Waals surface area contributed by atoms with E-state index in [2.05, 4.69) is 0 Å². The van der Waals surface area contributed by atoms with Crippen molar-refractivity contribution in [3.63, 3.8) is 0 Å². The number of anilines is 2. The van der Waals surface area contributed by atoms with Gasteiger partial charge in [0.15, 0.2) is 12.0 Å². The van der Waals surface area contributed by atoms with Crippen molar-refractivity contribution in [1.82, 2.24) is 0 Å². The second-order valence-electron chi connectivity index (χ2n) is 16.4. The van der Waals surface area contributed by atoms with Crippen molar-refractivity contribution in [3.8, 4) is 0 Å². The molecule has 0 unspecified atom stereocenters. The predicted octanol–water partition coefficient (Wildman–Crippen LogP) is 5.74. The Hall–Kier alpha value is -7.79. The number of aldehydes is 1. The fraction of sp³-hybridized carbons (Fsp3) is 0.154. The van der Waals surface area contributed by atoms with Crippen LogP contribution in [0.1, 0.15) is 58.0 Å². The Balaban J connectivity index is 0.000000223. The first-order chi connectivity index (χ1) is 32.2. The van der Waals surface area contributed by atoms with Gasteiger partial charge in [0, 0.05) is 69.4 Å². The second kappa shape index (κ2) is 20.8. The summed E-state index contributed by atoms with van der Waals surface area (Å²) in [6, 6.07) is 35.1. The molecule has 0 radical (unpaired) electrons. The Labute approximate surface area is 393 Å². The van der Waals surface area contributed by atoms with Gasteiger partial charge in [-0.25, -0.2) is 18.6 Å². The van der Waals surface area contributed by atoms with Gasteiger partial charge in [0.1, 0.15) is 35.3 Å². The molecule has 3 heterocycles. The molecule has 1 aliphatic heterocycles. The Morgan fingerprint density at radius 1 is 0.618 bits per heavy atom. The van der Waals surface area contributed by atoms with Gasteiger partial charge in [0.05, 0.1) is 26.7 Å². The summed E-state index contributed by atoms with van der Waals surface area (Å²) in [5.74, 6) is 0.726. The van der Waals surface area contributed by atoms with Gasteiger partial charge >= 0.3 is 0 Å². The second-order valence-corrected chi connectivity index (χ2v) is 17.2. The Kier molecular flexibility index (Phi) is 15.2. The SMILES string of the molecule is CN(C)c1ccc(/C=C/c2oc3ccccc3c(=O)c2/C=C/C2=[N+](C)c3ccc([N+](=O)[O-])cc3C2(C)C)cc1.CN(C)c1ccc(/C=C/c2oc3ccccc3c(=O)c2C=O)cc1.[O-][Cl+3]([O-])([O-])[O-]. The van der Waals surface area contributed by atoms with Crippen LogP contribution in [0.3, 0.4) is 0 Å². The number of nitro benzene ring substituents is 1. The molecule has 0 saturated heterocycles. The highest BCUT2D eigenvalue weighted by Crippen LogP contribution is 2.41. The first kappa shape index (κ1) is 49.6. The molecule has 2 aromatic heterocycles. The van der Waals surface area contributed by atoms with Gasteiger partial charge in [-0.05, 0) is 91.7 Å². The number of hydrogen-bond donors (Lipinski definition) is 0. The van der Waals surface area contributed by atoms with Gasteiger partial charge in [-0.1, -0.05) is 60.7 Å². The fourth-order valence-electron chi connectivity index (χ4n) is 7.58. The predicted molar refractivity (Wildman–Crippen MR) is 256 cm³/mol. The highest BCUT2D eigenvalue weighted by atomic mass is 35.7. The van der Waals surface area contributed by atoms with Crippen LogP contribution in [0.5, 0.6) is 0 Å². The topological polar surface area (TPSA) is 222 Å². The van der Waals surface area contributed by atoms with E-state index in [1.807, 2.05) is 148 Å². The molecule has 348 valence electrons. The van der Waals surface area contributed by atoms with Crippen molar-refractivity contribution >= 4 is 87.1 Å². The quantitative estimate of drug-likeness (QED) is 0.0692. The van der Waals surface area contributed by atoms with E-state index in [9.17, 15) is 24.5 Å². The summed E-state index contributed by atoms with van der Waals surface area (Å²) in [5.41, 5.74) is 7.39. The number of halogens is 1. The molecule has 0 spiro atoms. The monoisotopic (exact) mass is 938 g/mol. The number of hydrogen-bond acceptors (Lipinski definition) is 13. The minimum atomic E-state index is -4.94. The molecule has 0 aliphatic carbocycles. The van der Waals surface area contributed by atoms with Crippen molar-refractivity contribution in [2.24, 2.45) is 0 Å². The highest BCUT2D eigenvalue weighted by Gasteiger charge is 2.44. The minimum absolute atomic E-state index is 0.0369. The molecule has 0 atom stereocenters. The highest BCUT2D eigenvalue weighted by molar-refractivity contribution is 6.06. The van der Waals surface area contributed by atoms with E-state index in [4.69, 9.17) is 27.5 Å². The maximum atomic E-state index is 13.6. The Bertz CT molecular complexity index is 3250. The summed E-state index contributed by atoms with van der Waals surface area (Å²) in [7, 11) is 4.93. The molecule has 7 aromatic rings. The largest absolute Gasteiger partial charge is 0.456 e. The van der Waals surface area contributed by atoms with Crippen molar-refractivity contribution in [2.45, 2.75) is 19.3 Å². The molecule has 0 bridgehead atoms. The smallest absolute Gasteiger partial charge is 0.270 e. The molecular formula is C52H47ClN4O11. The molecule has 8 rings (SSSR count). The minimum Gasteiger partial charge on any atom is -0.456 e. The van der Waals surface area contributed by atoms with Gasteiger partial charge in [0.25, 0.3) is 5.69 Å². The molecule has 68 heavy (non-hydrogen) atoms.